The first-order chi connectivity index (χ1) is 10.2. The number of benzene rings is 2. The molecule has 4 heteroatoms. The smallest absolute Gasteiger partial charge is 0.232 e. The van der Waals surface area contributed by atoms with Crippen molar-refractivity contribution in [2.45, 2.75) is 19.3 Å². The molecule has 3 nitrogen and oxygen atoms in total. The van der Waals surface area contributed by atoms with Crippen LogP contribution in [0.2, 0.25) is 5.02 Å². The lowest BCUT2D eigenvalue weighted by Gasteiger charge is -2.13. The van der Waals surface area contributed by atoms with Gasteiger partial charge in [-0.3, -0.25) is 4.79 Å². The van der Waals surface area contributed by atoms with E-state index in [-0.39, 0.29) is 11.8 Å². The van der Waals surface area contributed by atoms with E-state index in [0.29, 0.717) is 18.1 Å². The van der Waals surface area contributed by atoms with Crippen LogP contribution in [-0.4, -0.2) is 12.5 Å². The summed E-state index contributed by atoms with van der Waals surface area (Å²) in [4.78, 5) is 12.2. The number of nitrogens with one attached hydrogen (secondary N) is 1. The second-order valence-corrected chi connectivity index (χ2v) is 5.45. The number of rotatable bonds is 4. The number of carbonyl (C=O) groups is 1. The zero-order valence-corrected chi connectivity index (χ0v) is 12.5. The highest BCUT2D eigenvalue weighted by Crippen LogP contribution is 2.37. The molecule has 2 aromatic rings. The summed E-state index contributed by atoms with van der Waals surface area (Å²) in [5.74, 6) is 0.627. The van der Waals surface area contributed by atoms with Crippen LogP contribution in [0, 0.1) is 0 Å². The maximum absolute atomic E-state index is 12.2. The summed E-state index contributed by atoms with van der Waals surface area (Å²) in [7, 11) is 0. The van der Waals surface area contributed by atoms with Crippen LogP contribution in [0.15, 0.2) is 42.5 Å². The molecule has 1 amide bonds. The Labute approximate surface area is 128 Å². The van der Waals surface area contributed by atoms with Crippen molar-refractivity contribution in [1.82, 2.24) is 0 Å². The Morgan fingerprint density at radius 3 is 2.86 bits per heavy atom. The maximum atomic E-state index is 12.2. The van der Waals surface area contributed by atoms with E-state index in [1.165, 1.54) is 0 Å². The predicted octanol–water partition coefficient (Wildman–Crippen LogP) is 4.02. The minimum Gasteiger partial charge on any atom is -0.494 e. The Hall–Kier alpha value is -2.00. The van der Waals surface area contributed by atoms with Crippen molar-refractivity contribution in [2.75, 3.05) is 11.9 Å². The molecule has 0 saturated heterocycles. The summed E-state index contributed by atoms with van der Waals surface area (Å²) in [5, 5.41) is 3.55. The molecule has 0 aliphatic carbocycles. The monoisotopic (exact) mass is 301 g/mol. The molecule has 1 heterocycles. The van der Waals surface area contributed by atoms with E-state index in [1.807, 2.05) is 43.3 Å². The molecule has 0 spiro atoms. The first-order valence-corrected chi connectivity index (χ1v) is 7.38. The van der Waals surface area contributed by atoms with Crippen LogP contribution in [0.4, 0.5) is 5.69 Å². The maximum Gasteiger partial charge on any atom is 0.232 e. The molecular formula is C17H16ClNO2. The molecule has 1 atom stereocenters. The first kappa shape index (κ1) is 14.0. The van der Waals surface area contributed by atoms with Gasteiger partial charge in [0.15, 0.2) is 0 Å². The second-order valence-electron chi connectivity index (χ2n) is 5.02. The van der Waals surface area contributed by atoms with Gasteiger partial charge in [-0.15, -0.1) is 0 Å². The first-order valence-electron chi connectivity index (χ1n) is 7.00. The van der Waals surface area contributed by atoms with Gasteiger partial charge in [-0.2, -0.15) is 0 Å². The van der Waals surface area contributed by atoms with Crippen LogP contribution in [-0.2, 0) is 11.2 Å². The Bertz CT molecular complexity index is 684. The molecule has 0 aromatic heterocycles. The van der Waals surface area contributed by atoms with Gasteiger partial charge in [-0.25, -0.2) is 0 Å². The van der Waals surface area contributed by atoms with Gasteiger partial charge < -0.3 is 10.1 Å². The molecule has 1 aliphatic rings. The summed E-state index contributed by atoms with van der Waals surface area (Å²) in [5.41, 5.74) is 2.84. The molecule has 0 radical (unpaired) electrons. The van der Waals surface area contributed by atoms with Gasteiger partial charge >= 0.3 is 0 Å². The molecule has 0 fully saturated rings. The number of ether oxygens (including phenoxy) is 1. The molecule has 0 bridgehead atoms. The zero-order valence-electron chi connectivity index (χ0n) is 11.7. The normalized spacial score (nSPS) is 16.5. The molecule has 0 unspecified atom stereocenters. The van der Waals surface area contributed by atoms with Crippen molar-refractivity contribution >= 4 is 23.2 Å². The van der Waals surface area contributed by atoms with Gasteiger partial charge in [0.05, 0.1) is 12.5 Å². The Morgan fingerprint density at radius 1 is 1.24 bits per heavy atom. The van der Waals surface area contributed by atoms with Crippen molar-refractivity contribution < 1.29 is 9.53 Å². The number of hydrogen-bond acceptors (Lipinski definition) is 2. The average Bonchev–Trinajstić information content (AvgIpc) is 2.77. The van der Waals surface area contributed by atoms with Gasteiger partial charge in [0.25, 0.3) is 0 Å². The van der Waals surface area contributed by atoms with Crippen LogP contribution in [0.3, 0.4) is 0 Å². The Kier molecular flexibility index (Phi) is 3.84. The van der Waals surface area contributed by atoms with E-state index in [9.17, 15) is 4.79 Å². The number of fused-ring (bicyclic) bond motifs is 1. The number of anilines is 1. The third kappa shape index (κ3) is 2.74. The minimum absolute atomic E-state index is 0.0126. The van der Waals surface area contributed by atoms with E-state index < -0.39 is 0 Å². The number of halogens is 1. The molecule has 21 heavy (non-hydrogen) atoms. The second kappa shape index (κ2) is 5.78. The molecule has 2 aromatic carbocycles. The lowest BCUT2D eigenvalue weighted by molar-refractivity contribution is -0.117. The predicted molar refractivity (Wildman–Crippen MR) is 84.1 cm³/mol. The van der Waals surface area contributed by atoms with Gasteiger partial charge in [-0.1, -0.05) is 29.8 Å². The van der Waals surface area contributed by atoms with Gasteiger partial charge in [0.1, 0.15) is 5.75 Å². The fourth-order valence-electron chi connectivity index (χ4n) is 2.69. The van der Waals surface area contributed by atoms with Crippen LogP contribution in [0.25, 0.3) is 0 Å². The fraction of sp³-hybridized carbons (Fsp3) is 0.235. The number of para-hydroxylation sites is 1. The van der Waals surface area contributed by atoms with E-state index in [1.54, 1.807) is 6.07 Å². The summed E-state index contributed by atoms with van der Waals surface area (Å²) in [6.07, 6.45) is 0.606. The molecule has 1 aliphatic heterocycles. The van der Waals surface area contributed by atoms with E-state index in [0.717, 1.165) is 22.6 Å². The quantitative estimate of drug-likeness (QED) is 0.926. The lowest BCUT2D eigenvalue weighted by Crippen LogP contribution is -2.14. The highest BCUT2D eigenvalue weighted by atomic mass is 35.5. The van der Waals surface area contributed by atoms with Crippen molar-refractivity contribution in [2.24, 2.45) is 0 Å². The van der Waals surface area contributed by atoms with Crippen molar-refractivity contribution in [3.63, 3.8) is 0 Å². The van der Waals surface area contributed by atoms with Crippen LogP contribution >= 0.6 is 11.6 Å². The van der Waals surface area contributed by atoms with Gasteiger partial charge in [-0.05, 0) is 48.7 Å². The van der Waals surface area contributed by atoms with E-state index >= 15 is 0 Å². The van der Waals surface area contributed by atoms with Crippen molar-refractivity contribution in [3.05, 3.63) is 58.6 Å². The Balaban J connectivity index is 1.93. The molecular weight excluding hydrogens is 286 g/mol. The summed E-state index contributed by atoms with van der Waals surface area (Å²) in [6, 6.07) is 13.3. The Morgan fingerprint density at radius 2 is 2.05 bits per heavy atom. The van der Waals surface area contributed by atoms with Gasteiger partial charge in [0.2, 0.25) is 5.91 Å². The minimum atomic E-state index is -0.222. The largest absolute Gasteiger partial charge is 0.494 e. The number of hydrogen-bond donors (Lipinski definition) is 1. The molecule has 3 rings (SSSR count). The molecule has 1 N–H and O–H groups in total. The summed E-state index contributed by atoms with van der Waals surface area (Å²) >= 11 is 6.06. The lowest BCUT2D eigenvalue weighted by atomic mass is 9.93. The third-order valence-corrected chi connectivity index (χ3v) is 3.89. The number of carbonyl (C=O) groups excluding carboxylic acids is 1. The molecule has 108 valence electrons. The van der Waals surface area contributed by atoms with Crippen LogP contribution in [0.1, 0.15) is 24.0 Å². The highest BCUT2D eigenvalue weighted by Gasteiger charge is 2.31. The van der Waals surface area contributed by atoms with Crippen molar-refractivity contribution in [1.29, 1.82) is 0 Å². The third-order valence-electron chi connectivity index (χ3n) is 3.66. The van der Waals surface area contributed by atoms with Crippen molar-refractivity contribution in [3.8, 4) is 5.75 Å². The van der Waals surface area contributed by atoms with E-state index in [2.05, 4.69) is 5.32 Å². The summed E-state index contributed by atoms with van der Waals surface area (Å²) < 4.78 is 5.64. The molecule has 0 saturated carbocycles. The van der Waals surface area contributed by atoms with Gasteiger partial charge in [0, 0.05) is 10.7 Å². The van der Waals surface area contributed by atoms with E-state index in [4.69, 9.17) is 16.3 Å². The number of amides is 1. The van der Waals surface area contributed by atoms with Crippen LogP contribution in [0.5, 0.6) is 5.75 Å². The standard InChI is InChI=1S/C17H16ClNO2/c1-2-21-16-6-4-3-5-11(16)9-14-13-10-12(18)7-8-15(13)19-17(14)20/h3-8,10,14H,2,9H2,1H3,(H,19,20)/t14-/m1/s1. The fourth-order valence-corrected chi connectivity index (χ4v) is 2.87. The topological polar surface area (TPSA) is 38.3 Å². The SMILES string of the molecule is CCOc1ccccc1C[C@H]1C(=O)Nc2ccc(Cl)cc21. The average molecular weight is 302 g/mol. The zero-order chi connectivity index (χ0) is 14.8. The highest BCUT2D eigenvalue weighted by molar-refractivity contribution is 6.31. The summed E-state index contributed by atoms with van der Waals surface area (Å²) in [6.45, 7) is 2.56. The van der Waals surface area contributed by atoms with Crippen LogP contribution < -0.4 is 10.1 Å².